The molecule has 1 aliphatic heterocycles. The Morgan fingerprint density at radius 1 is 1.16 bits per heavy atom. The third-order valence-corrected chi connectivity index (χ3v) is 8.13. The number of alkyl halides is 1. The van der Waals surface area contributed by atoms with Crippen molar-refractivity contribution in [1.82, 2.24) is 4.31 Å². The van der Waals surface area contributed by atoms with Crippen LogP contribution in [0.4, 0.5) is 0 Å². The van der Waals surface area contributed by atoms with Crippen molar-refractivity contribution < 1.29 is 13.2 Å². The first-order chi connectivity index (χ1) is 8.77. The van der Waals surface area contributed by atoms with E-state index in [1.807, 2.05) is 0 Å². The van der Waals surface area contributed by atoms with Crippen molar-refractivity contribution >= 4 is 31.9 Å². The molecule has 0 aromatic rings. The molecular weight excluding hydrogens is 330 g/mol. The van der Waals surface area contributed by atoms with E-state index in [2.05, 4.69) is 15.9 Å². The fourth-order valence-electron chi connectivity index (χ4n) is 3.03. The maximum atomic E-state index is 12.2. The van der Waals surface area contributed by atoms with Crippen LogP contribution in [0.5, 0.6) is 0 Å². The number of hydrogen-bond acceptors (Lipinski definition) is 3. The monoisotopic (exact) mass is 351 g/mol. The van der Waals surface area contributed by atoms with Crippen LogP contribution in [0.25, 0.3) is 0 Å². The average Bonchev–Trinajstić information content (AvgIpc) is 2.61. The minimum Gasteiger partial charge on any atom is -0.272 e. The quantitative estimate of drug-likeness (QED) is 0.580. The maximum Gasteiger partial charge on any atom is 0.258 e. The van der Waals surface area contributed by atoms with Crippen LogP contribution < -0.4 is 0 Å². The van der Waals surface area contributed by atoms with Crippen LogP contribution in [0.1, 0.15) is 52.4 Å². The molecule has 0 radical (unpaired) electrons. The molecular formula is C13H22BrNO3S. The largest absolute Gasteiger partial charge is 0.272 e. The molecule has 1 saturated heterocycles. The molecule has 1 aliphatic carbocycles. The molecule has 1 heterocycles. The van der Waals surface area contributed by atoms with Crippen molar-refractivity contribution in [3.8, 4) is 0 Å². The minimum atomic E-state index is -3.45. The topological polar surface area (TPSA) is 54.5 Å². The second kappa shape index (κ2) is 5.02. The average molecular weight is 352 g/mol. The summed E-state index contributed by atoms with van der Waals surface area (Å²) < 4.78 is 24.3. The Kier molecular flexibility index (Phi) is 4.04. The van der Waals surface area contributed by atoms with Crippen LogP contribution in [-0.2, 0) is 14.8 Å². The zero-order valence-electron chi connectivity index (χ0n) is 11.6. The molecule has 2 aliphatic rings. The molecule has 0 N–H and O–H groups in total. The first kappa shape index (κ1) is 15.3. The van der Waals surface area contributed by atoms with E-state index in [-0.39, 0.29) is 11.3 Å². The number of carbonyl (C=O) groups is 1. The first-order valence-electron chi connectivity index (χ1n) is 6.90. The molecule has 0 unspecified atom stereocenters. The van der Waals surface area contributed by atoms with Gasteiger partial charge in [-0.15, -0.1) is 0 Å². The smallest absolute Gasteiger partial charge is 0.258 e. The summed E-state index contributed by atoms with van der Waals surface area (Å²) in [6.45, 7) is 3.34. The predicted molar refractivity (Wildman–Crippen MR) is 78.6 cm³/mol. The van der Waals surface area contributed by atoms with Crippen molar-refractivity contribution in [2.75, 3.05) is 11.9 Å². The number of halogens is 1. The van der Waals surface area contributed by atoms with Gasteiger partial charge in [0.1, 0.15) is 0 Å². The molecule has 110 valence electrons. The van der Waals surface area contributed by atoms with E-state index in [1.165, 1.54) is 26.7 Å². The number of amides is 1. The van der Waals surface area contributed by atoms with Gasteiger partial charge in [0.25, 0.3) is 15.9 Å². The van der Waals surface area contributed by atoms with Gasteiger partial charge in [0.2, 0.25) is 0 Å². The lowest BCUT2D eigenvalue weighted by molar-refractivity contribution is -0.133. The first-order valence-corrected chi connectivity index (χ1v) is 9.46. The van der Waals surface area contributed by atoms with Gasteiger partial charge in [-0.2, -0.15) is 0 Å². The van der Waals surface area contributed by atoms with Crippen molar-refractivity contribution in [2.45, 2.75) is 57.1 Å². The minimum absolute atomic E-state index is 0.0737. The predicted octanol–water partition coefficient (Wildman–Crippen LogP) is 2.67. The molecule has 0 spiro atoms. The fourth-order valence-corrected chi connectivity index (χ4v) is 5.41. The Morgan fingerprint density at radius 3 is 2.11 bits per heavy atom. The number of sulfonamides is 1. The van der Waals surface area contributed by atoms with Crippen LogP contribution in [0.2, 0.25) is 0 Å². The van der Waals surface area contributed by atoms with Gasteiger partial charge >= 0.3 is 0 Å². The van der Waals surface area contributed by atoms with Gasteiger partial charge in [0.15, 0.2) is 4.75 Å². The summed E-state index contributed by atoms with van der Waals surface area (Å²) >= 11 is 3.54. The van der Waals surface area contributed by atoms with E-state index in [1.54, 1.807) is 0 Å². The van der Waals surface area contributed by atoms with Gasteiger partial charge in [-0.1, -0.05) is 41.6 Å². The lowest BCUT2D eigenvalue weighted by Crippen LogP contribution is -2.69. The Balaban J connectivity index is 2.18. The highest BCUT2D eigenvalue weighted by Gasteiger charge is 2.61. The van der Waals surface area contributed by atoms with Gasteiger partial charge in [-0.05, 0) is 32.1 Å². The fraction of sp³-hybridized carbons (Fsp3) is 0.923. The highest BCUT2D eigenvalue weighted by Crippen LogP contribution is 2.43. The Labute approximate surface area is 124 Å². The normalized spacial score (nSPS) is 28.6. The van der Waals surface area contributed by atoms with Crippen molar-refractivity contribution in [1.29, 1.82) is 0 Å². The molecule has 4 nitrogen and oxygen atoms in total. The summed E-state index contributed by atoms with van der Waals surface area (Å²) in [5.41, 5.74) is -0.0737. The van der Waals surface area contributed by atoms with Crippen LogP contribution in [-0.4, -0.2) is 35.3 Å². The summed E-state index contributed by atoms with van der Waals surface area (Å²) in [4.78, 5) is 12.0. The zero-order chi connectivity index (χ0) is 14.3. The van der Waals surface area contributed by atoms with Gasteiger partial charge in [-0.3, -0.25) is 4.79 Å². The number of hydrogen-bond donors (Lipinski definition) is 0. The second-order valence-electron chi connectivity index (χ2n) is 6.37. The molecule has 2 rings (SSSR count). The standard InChI is InChI=1S/C13H22BrNO3S/c1-12(2)11(16)15(19(12,17)18)10-13(9-14)7-5-3-4-6-8-13/h3-10H2,1-2H3. The lowest BCUT2D eigenvalue weighted by Gasteiger charge is -2.47. The summed E-state index contributed by atoms with van der Waals surface area (Å²) in [5.74, 6) is -0.253. The molecule has 6 heteroatoms. The van der Waals surface area contributed by atoms with Gasteiger partial charge < -0.3 is 0 Å². The Morgan fingerprint density at radius 2 is 1.68 bits per heavy atom. The van der Waals surface area contributed by atoms with Gasteiger partial charge in [0, 0.05) is 11.9 Å². The van der Waals surface area contributed by atoms with Crippen molar-refractivity contribution in [3.05, 3.63) is 0 Å². The maximum absolute atomic E-state index is 12.2. The van der Waals surface area contributed by atoms with Crippen LogP contribution in [0, 0.1) is 5.41 Å². The summed E-state index contributed by atoms with van der Waals surface area (Å²) in [6.07, 6.45) is 6.66. The number of carbonyl (C=O) groups excluding carboxylic acids is 1. The molecule has 2 fully saturated rings. The van der Waals surface area contributed by atoms with E-state index in [0.717, 1.165) is 35.3 Å². The van der Waals surface area contributed by atoms with Crippen LogP contribution in [0.3, 0.4) is 0 Å². The number of rotatable bonds is 3. The zero-order valence-corrected chi connectivity index (χ0v) is 14.0. The van der Waals surface area contributed by atoms with E-state index >= 15 is 0 Å². The van der Waals surface area contributed by atoms with Crippen LogP contribution in [0.15, 0.2) is 0 Å². The summed E-state index contributed by atoms with van der Waals surface area (Å²) in [7, 11) is -3.45. The Bertz CT molecular complexity index is 464. The third kappa shape index (κ3) is 2.35. The van der Waals surface area contributed by atoms with E-state index in [9.17, 15) is 13.2 Å². The highest BCUT2D eigenvalue weighted by molar-refractivity contribution is 9.09. The van der Waals surface area contributed by atoms with E-state index in [0.29, 0.717) is 6.54 Å². The van der Waals surface area contributed by atoms with E-state index < -0.39 is 14.8 Å². The molecule has 0 bridgehead atoms. The summed E-state index contributed by atoms with van der Waals surface area (Å²) in [5, 5.41) is 0.764. The summed E-state index contributed by atoms with van der Waals surface area (Å²) in [6, 6.07) is 0. The third-order valence-electron chi connectivity index (χ3n) is 4.60. The number of nitrogens with zero attached hydrogens (tertiary/aromatic N) is 1. The molecule has 1 saturated carbocycles. The second-order valence-corrected chi connectivity index (χ2v) is 9.35. The van der Waals surface area contributed by atoms with Crippen molar-refractivity contribution in [2.24, 2.45) is 5.41 Å². The SMILES string of the molecule is CC1(C)C(=O)N(CC2(CBr)CCCCCC2)S1(=O)=O. The molecule has 0 aromatic heterocycles. The highest BCUT2D eigenvalue weighted by atomic mass is 79.9. The molecule has 19 heavy (non-hydrogen) atoms. The Hall–Kier alpha value is -0.100. The van der Waals surface area contributed by atoms with E-state index in [4.69, 9.17) is 0 Å². The molecule has 0 atom stereocenters. The van der Waals surface area contributed by atoms with Crippen molar-refractivity contribution in [3.63, 3.8) is 0 Å². The van der Waals surface area contributed by atoms with Crippen LogP contribution >= 0.6 is 15.9 Å². The van der Waals surface area contributed by atoms with Gasteiger partial charge in [0.05, 0.1) is 0 Å². The van der Waals surface area contributed by atoms with Gasteiger partial charge in [-0.25, -0.2) is 12.7 Å². The lowest BCUT2D eigenvalue weighted by atomic mass is 9.82. The molecule has 1 amide bonds. The molecule has 0 aromatic carbocycles.